The van der Waals surface area contributed by atoms with Gasteiger partial charge in [0.05, 0.1) is 13.2 Å². The van der Waals surface area contributed by atoms with E-state index in [0.29, 0.717) is 42.4 Å². The van der Waals surface area contributed by atoms with Crippen molar-refractivity contribution in [3.05, 3.63) is 102 Å². The third kappa shape index (κ3) is 6.65. The highest BCUT2D eigenvalue weighted by Crippen LogP contribution is 2.39. The Morgan fingerprint density at radius 3 is 2.32 bits per heavy atom. The number of allylic oxidation sites excluding steroid dienone is 1. The first-order chi connectivity index (χ1) is 18.0. The number of halogens is 3. The van der Waals surface area contributed by atoms with E-state index in [2.05, 4.69) is 12.7 Å². The van der Waals surface area contributed by atoms with Gasteiger partial charge in [-0.1, -0.05) is 48.6 Å². The zero-order valence-electron chi connectivity index (χ0n) is 21.2. The minimum absolute atomic E-state index is 0.0158. The summed E-state index contributed by atoms with van der Waals surface area (Å²) in [6.45, 7) is 6.47. The van der Waals surface area contributed by atoms with Crippen molar-refractivity contribution in [2.24, 2.45) is 5.92 Å². The lowest BCUT2D eigenvalue weighted by Gasteiger charge is -2.27. The second-order valence-corrected chi connectivity index (χ2v) is 9.37. The first-order valence-corrected chi connectivity index (χ1v) is 12.9. The molecule has 1 aliphatic rings. The van der Waals surface area contributed by atoms with Gasteiger partial charge in [-0.25, -0.2) is 13.2 Å². The van der Waals surface area contributed by atoms with Crippen molar-refractivity contribution in [1.82, 2.24) is 0 Å². The summed E-state index contributed by atoms with van der Waals surface area (Å²) in [5, 5.41) is 0. The van der Waals surface area contributed by atoms with Crippen LogP contribution < -0.4 is 9.47 Å². The fraction of sp³-hybridized carbons (Fsp3) is 0.312. The molecule has 1 aliphatic carbocycles. The van der Waals surface area contributed by atoms with Crippen molar-refractivity contribution in [2.45, 2.75) is 44.9 Å². The van der Waals surface area contributed by atoms with Gasteiger partial charge in [-0.3, -0.25) is 0 Å². The predicted molar refractivity (Wildman–Crippen MR) is 143 cm³/mol. The first-order valence-electron chi connectivity index (χ1n) is 12.9. The molecule has 1 saturated carbocycles. The summed E-state index contributed by atoms with van der Waals surface area (Å²) in [6, 6.07) is 15.4. The van der Waals surface area contributed by atoms with E-state index >= 15 is 8.78 Å². The fourth-order valence-electron chi connectivity index (χ4n) is 4.86. The van der Waals surface area contributed by atoms with Gasteiger partial charge in [-0.15, -0.1) is 6.58 Å². The third-order valence-corrected chi connectivity index (χ3v) is 6.90. The Bertz CT molecular complexity index is 1230. The molecule has 0 aliphatic heterocycles. The molecule has 5 heteroatoms. The van der Waals surface area contributed by atoms with Gasteiger partial charge in [-0.05, 0) is 91.8 Å². The Morgan fingerprint density at radius 2 is 1.65 bits per heavy atom. The minimum atomic E-state index is -0.803. The van der Waals surface area contributed by atoms with Crippen LogP contribution in [0.3, 0.4) is 0 Å². The lowest BCUT2D eigenvalue weighted by atomic mass is 9.78. The molecule has 0 unspecified atom stereocenters. The second kappa shape index (κ2) is 12.7. The highest BCUT2D eigenvalue weighted by molar-refractivity contribution is 5.65. The molecule has 0 atom stereocenters. The van der Waals surface area contributed by atoms with Crippen molar-refractivity contribution < 1.29 is 22.6 Å². The van der Waals surface area contributed by atoms with Crippen molar-refractivity contribution in [3.63, 3.8) is 0 Å². The molecule has 0 heterocycles. The van der Waals surface area contributed by atoms with Gasteiger partial charge in [0.25, 0.3) is 0 Å². The zero-order chi connectivity index (χ0) is 26.2. The van der Waals surface area contributed by atoms with E-state index in [-0.39, 0.29) is 23.0 Å². The molecule has 3 aromatic carbocycles. The molecule has 0 radical (unpaired) electrons. The summed E-state index contributed by atoms with van der Waals surface area (Å²) in [5.74, 6) is -0.705. The second-order valence-electron chi connectivity index (χ2n) is 9.37. The van der Waals surface area contributed by atoms with E-state index in [4.69, 9.17) is 9.47 Å². The highest BCUT2D eigenvalue weighted by atomic mass is 19.2. The maximum atomic E-state index is 15.1. The van der Waals surface area contributed by atoms with Crippen LogP contribution >= 0.6 is 0 Å². The van der Waals surface area contributed by atoms with E-state index in [1.165, 1.54) is 6.07 Å². The smallest absolute Gasteiger partial charge is 0.166 e. The Balaban J connectivity index is 1.36. The van der Waals surface area contributed by atoms with E-state index in [0.717, 1.165) is 31.2 Å². The SMILES string of the molecule is C=CCCOc1ccc(/C=C/C2CCC(c3ccc(-c4ccc(OCC)cc4)c(F)c3F)CC2)cc1F. The molecule has 37 heavy (non-hydrogen) atoms. The van der Waals surface area contributed by atoms with Gasteiger partial charge >= 0.3 is 0 Å². The van der Waals surface area contributed by atoms with E-state index < -0.39 is 11.6 Å². The number of benzene rings is 3. The van der Waals surface area contributed by atoms with Crippen LogP contribution in [0.4, 0.5) is 13.2 Å². The standard InChI is InChI=1S/C32H33F3O2/c1-3-5-20-37-30-19-10-23(21-29(30)33)7-6-22-8-11-24(12-9-22)27-17-18-28(32(35)31(27)34)25-13-15-26(16-14-25)36-4-2/h3,6-7,10,13-19,21-22,24H,1,4-5,8-9,11-12,20H2,2H3/b7-6+. The molecule has 0 N–H and O–H groups in total. The highest BCUT2D eigenvalue weighted by Gasteiger charge is 2.25. The van der Waals surface area contributed by atoms with Crippen LogP contribution in [-0.4, -0.2) is 13.2 Å². The average Bonchev–Trinajstić information content (AvgIpc) is 2.91. The Hall–Kier alpha value is -3.47. The summed E-state index contributed by atoms with van der Waals surface area (Å²) < 4.78 is 55.2. The van der Waals surface area contributed by atoms with Crippen LogP contribution in [0.15, 0.2) is 73.3 Å². The molecule has 1 fully saturated rings. The van der Waals surface area contributed by atoms with Crippen LogP contribution in [0, 0.1) is 23.4 Å². The predicted octanol–water partition coefficient (Wildman–Crippen LogP) is 9.11. The molecule has 194 valence electrons. The lowest BCUT2D eigenvalue weighted by molar-refractivity contribution is 0.308. The normalized spacial score (nSPS) is 17.6. The Morgan fingerprint density at radius 1 is 0.892 bits per heavy atom. The summed E-state index contributed by atoms with van der Waals surface area (Å²) in [4.78, 5) is 0. The first kappa shape index (κ1) is 26.6. The van der Waals surface area contributed by atoms with Crippen LogP contribution in [0.5, 0.6) is 11.5 Å². The van der Waals surface area contributed by atoms with Crippen molar-refractivity contribution in [3.8, 4) is 22.6 Å². The van der Waals surface area contributed by atoms with Gasteiger partial charge in [0, 0.05) is 5.56 Å². The minimum Gasteiger partial charge on any atom is -0.494 e. The summed E-state index contributed by atoms with van der Waals surface area (Å²) in [5.41, 5.74) is 2.09. The van der Waals surface area contributed by atoms with Gasteiger partial charge in [0.1, 0.15) is 5.75 Å². The molecule has 0 aromatic heterocycles. The van der Waals surface area contributed by atoms with Crippen LogP contribution in [-0.2, 0) is 0 Å². The number of rotatable bonds is 10. The molecular formula is C32H33F3O2. The number of hydrogen-bond donors (Lipinski definition) is 0. The summed E-state index contributed by atoms with van der Waals surface area (Å²) in [6.07, 6.45) is 9.70. The van der Waals surface area contributed by atoms with Gasteiger partial charge in [0.2, 0.25) is 0 Å². The van der Waals surface area contributed by atoms with E-state index in [9.17, 15) is 4.39 Å². The maximum absolute atomic E-state index is 15.1. The quantitative estimate of drug-likeness (QED) is 0.202. The largest absolute Gasteiger partial charge is 0.494 e. The third-order valence-electron chi connectivity index (χ3n) is 6.90. The number of hydrogen-bond acceptors (Lipinski definition) is 2. The zero-order valence-corrected chi connectivity index (χ0v) is 21.2. The van der Waals surface area contributed by atoms with E-state index in [1.807, 2.05) is 19.1 Å². The molecule has 2 nitrogen and oxygen atoms in total. The Kier molecular flexibility index (Phi) is 9.10. The van der Waals surface area contributed by atoms with Crippen molar-refractivity contribution in [1.29, 1.82) is 0 Å². The lowest BCUT2D eigenvalue weighted by Crippen LogP contribution is -2.13. The molecule has 0 saturated heterocycles. The summed E-state index contributed by atoms with van der Waals surface area (Å²) in [7, 11) is 0. The number of ether oxygens (including phenoxy) is 2. The fourth-order valence-corrected chi connectivity index (χ4v) is 4.86. The summed E-state index contributed by atoms with van der Waals surface area (Å²) >= 11 is 0. The van der Waals surface area contributed by atoms with Crippen molar-refractivity contribution in [2.75, 3.05) is 13.2 Å². The molecule has 0 spiro atoms. The van der Waals surface area contributed by atoms with Crippen LogP contribution in [0.2, 0.25) is 0 Å². The van der Waals surface area contributed by atoms with Crippen LogP contribution in [0.1, 0.15) is 56.1 Å². The topological polar surface area (TPSA) is 18.5 Å². The molecule has 0 bridgehead atoms. The molecule has 3 aromatic rings. The molecule has 0 amide bonds. The van der Waals surface area contributed by atoms with E-state index in [1.54, 1.807) is 48.5 Å². The molecule has 4 rings (SSSR count). The average molecular weight is 507 g/mol. The Labute approximate surface area is 217 Å². The van der Waals surface area contributed by atoms with Gasteiger partial charge in [-0.2, -0.15) is 0 Å². The van der Waals surface area contributed by atoms with Crippen molar-refractivity contribution >= 4 is 6.08 Å². The van der Waals surface area contributed by atoms with Crippen LogP contribution in [0.25, 0.3) is 17.2 Å². The monoisotopic (exact) mass is 506 g/mol. The molecular weight excluding hydrogens is 473 g/mol. The maximum Gasteiger partial charge on any atom is 0.166 e. The van der Waals surface area contributed by atoms with Gasteiger partial charge in [0.15, 0.2) is 23.2 Å². The van der Waals surface area contributed by atoms with Gasteiger partial charge < -0.3 is 9.47 Å².